The Morgan fingerprint density at radius 3 is 2.52 bits per heavy atom. The molecule has 0 heterocycles. The van der Waals surface area contributed by atoms with Crippen LogP contribution in [0.1, 0.15) is 71.6 Å². The van der Waals surface area contributed by atoms with Crippen LogP contribution in [0.15, 0.2) is 0 Å². The maximum Gasteiger partial charge on any atom is 0.0897 e. The average molecular weight is 297 g/mol. The van der Waals surface area contributed by atoms with E-state index in [1.54, 1.807) is 0 Å². The quantitative estimate of drug-likeness (QED) is 0.755. The second kappa shape index (κ2) is 9.12. The molecule has 0 amide bonds. The van der Waals surface area contributed by atoms with Gasteiger partial charge in [0.15, 0.2) is 0 Å². The van der Waals surface area contributed by atoms with Crippen LogP contribution in [0.3, 0.4) is 0 Å². The van der Waals surface area contributed by atoms with Crippen molar-refractivity contribution in [3.63, 3.8) is 0 Å². The molecule has 0 bridgehead atoms. The van der Waals surface area contributed by atoms with Gasteiger partial charge in [-0.1, -0.05) is 33.1 Å². The lowest BCUT2D eigenvalue weighted by molar-refractivity contribution is -0.0291. The van der Waals surface area contributed by atoms with Gasteiger partial charge in [-0.2, -0.15) is 0 Å². The molecule has 0 aliphatic heterocycles. The van der Waals surface area contributed by atoms with E-state index in [0.29, 0.717) is 25.3 Å². The highest BCUT2D eigenvalue weighted by molar-refractivity contribution is 4.81. The van der Waals surface area contributed by atoms with Gasteiger partial charge in [-0.05, 0) is 50.4 Å². The summed E-state index contributed by atoms with van der Waals surface area (Å²) >= 11 is 0. The molecular weight excluding hydrogens is 262 g/mol. The van der Waals surface area contributed by atoms with Crippen molar-refractivity contribution in [2.45, 2.75) is 89.9 Å². The molecule has 3 nitrogen and oxygen atoms in total. The standard InChI is InChI=1S/C18H35NO2/c1-3-15-6-4-5-7-18(15)19-12-16(20)13-21-17-10-8-14(2)9-11-17/h14-20H,3-13H2,1-2H3. The normalized spacial score (nSPS) is 35.6. The first-order valence-electron chi connectivity index (χ1n) is 9.22. The van der Waals surface area contributed by atoms with Gasteiger partial charge < -0.3 is 15.2 Å². The Labute approximate surface area is 130 Å². The molecule has 2 N–H and O–H groups in total. The molecule has 3 heteroatoms. The molecule has 2 aliphatic carbocycles. The average Bonchev–Trinajstić information content (AvgIpc) is 2.52. The third-order valence-electron chi connectivity index (χ3n) is 5.54. The van der Waals surface area contributed by atoms with Crippen LogP contribution < -0.4 is 5.32 Å². The van der Waals surface area contributed by atoms with Gasteiger partial charge in [0.25, 0.3) is 0 Å². The van der Waals surface area contributed by atoms with Crippen LogP contribution in [-0.4, -0.2) is 36.5 Å². The minimum atomic E-state index is -0.358. The highest BCUT2D eigenvalue weighted by Gasteiger charge is 2.24. The summed E-state index contributed by atoms with van der Waals surface area (Å²) in [6.07, 6.45) is 11.5. The number of hydrogen-bond donors (Lipinski definition) is 2. The zero-order valence-electron chi connectivity index (χ0n) is 14.0. The summed E-state index contributed by atoms with van der Waals surface area (Å²) < 4.78 is 5.90. The van der Waals surface area contributed by atoms with Crippen LogP contribution in [0, 0.1) is 11.8 Å². The fourth-order valence-corrected chi connectivity index (χ4v) is 3.95. The van der Waals surface area contributed by atoms with Gasteiger partial charge in [-0.25, -0.2) is 0 Å². The van der Waals surface area contributed by atoms with Gasteiger partial charge >= 0.3 is 0 Å². The van der Waals surface area contributed by atoms with E-state index in [4.69, 9.17) is 4.74 Å². The molecule has 21 heavy (non-hydrogen) atoms. The molecule has 2 saturated carbocycles. The molecule has 3 atom stereocenters. The van der Waals surface area contributed by atoms with E-state index in [-0.39, 0.29) is 6.10 Å². The molecule has 2 aliphatic rings. The predicted molar refractivity (Wildman–Crippen MR) is 87.4 cm³/mol. The predicted octanol–water partition coefficient (Wildman–Crippen LogP) is 3.50. The first kappa shape index (κ1) is 17.2. The highest BCUT2D eigenvalue weighted by atomic mass is 16.5. The molecule has 0 aromatic carbocycles. The van der Waals surface area contributed by atoms with E-state index in [1.807, 2.05) is 0 Å². The van der Waals surface area contributed by atoms with Crippen molar-refractivity contribution in [2.75, 3.05) is 13.2 Å². The fourth-order valence-electron chi connectivity index (χ4n) is 3.95. The first-order valence-corrected chi connectivity index (χ1v) is 9.22. The Balaban J connectivity index is 1.59. The molecule has 0 aromatic heterocycles. The minimum absolute atomic E-state index is 0.358. The lowest BCUT2D eigenvalue weighted by Gasteiger charge is -2.32. The van der Waals surface area contributed by atoms with Crippen molar-refractivity contribution >= 4 is 0 Å². The van der Waals surface area contributed by atoms with Gasteiger partial charge in [-0.3, -0.25) is 0 Å². The van der Waals surface area contributed by atoms with Crippen molar-refractivity contribution < 1.29 is 9.84 Å². The van der Waals surface area contributed by atoms with Crippen molar-refractivity contribution in [3.05, 3.63) is 0 Å². The zero-order chi connectivity index (χ0) is 15.1. The van der Waals surface area contributed by atoms with E-state index in [9.17, 15) is 5.11 Å². The second-order valence-corrected chi connectivity index (χ2v) is 7.34. The second-order valence-electron chi connectivity index (χ2n) is 7.34. The van der Waals surface area contributed by atoms with E-state index in [2.05, 4.69) is 19.2 Å². The van der Waals surface area contributed by atoms with Gasteiger partial charge in [0.2, 0.25) is 0 Å². The summed E-state index contributed by atoms with van der Waals surface area (Å²) in [6.45, 7) is 5.79. The number of nitrogens with one attached hydrogen (secondary N) is 1. The monoisotopic (exact) mass is 297 g/mol. The fraction of sp³-hybridized carbons (Fsp3) is 1.00. The van der Waals surface area contributed by atoms with Crippen LogP contribution in [0.25, 0.3) is 0 Å². The highest BCUT2D eigenvalue weighted by Crippen LogP contribution is 2.27. The lowest BCUT2D eigenvalue weighted by Crippen LogP contribution is -2.43. The summed E-state index contributed by atoms with van der Waals surface area (Å²) in [7, 11) is 0. The van der Waals surface area contributed by atoms with Crippen LogP contribution in [0.4, 0.5) is 0 Å². The van der Waals surface area contributed by atoms with E-state index >= 15 is 0 Å². The molecule has 3 unspecified atom stereocenters. The molecular formula is C18H35NO2. The molecule has 0 saturated heterocycles. The Kier molecular flexibility index (Phi) is 7.48. The van der Waals surface area contributed by atoms with Gasteiger partial charge in [0.05, 0.1) is 18.8 Å². The van der Waals surface area contributed by atoms with Gasteiger partial charge in [-0.15, -0.1) is 0 Å². The first-order chi connectivity index (χ1) is 10.2. The number of hydrogen-bond acceptors (Lipinski definition) is 3. The van der Waals surface area contributed by atoms with Gasteiger partial charge in [0, 0.05) is 12.6 Å². The third kappa shape index (κ3) is 5.88. The molecule has 0 radical (unpaired) electrons. The molecule has 124 valence electrons. The van der Waals surface area contributed by atoms with Crippen LogP contribution in [0.5, 0.6) is 0 Å². The van der Waals surface area contributed by atoms with E-state index in [0.717, 1.165) is 11.8 Å². The lowest BCUT2D eigenvalue weighted by atomic mass is 9.83. The summed E-state index contributed by atoms with van der Waals surface area (Å²) in [5, 5.41) is 13.7. The largest absolute Gasteiger partial charge is 0.389 e. The van der Waals surface area contributed by atoms with Crippen molar-refractivity contribution in [2.24, 2.45) is 11.8 Å². The molecule has 2 rings (SSSR count). The zero-order valence-corrected chi connectivity index (χ0v) is 14.0. The number of ether oxygens (including phenoxy) is 1. The number of aliphatic hydroxyl groups excluding tert-OH is 1. The van der Waals surface area contributed by atoms with Crippen molar-refractivity contribution in [1.29, 1.82) is 0 Å². The third-order valence-corrected chi connectivity index (χ3v) is 5.54. The SMILES string of the molecule is CCC1CCCCC1NCC(O)COC1CCC(C)CC1. The van der Waals surface area contributed by atoms with Crippen LogP contribution in [-0.2, 0) is 4.74 Å². The van der Waals surface area contributed by atoms with Crippen molar-refractivity contribution in [3.8, 4) is 0 Å². The number of rotatable bonds is 7. The molecule has 2 fully saturated rings. The Morgan fingerprint density at radius 2 is 1.81 bits per heavy atom. The van der Waals surface area contributed by atoms with Gasteiger partial charge in [0.1, 0.15) is 0 Å². The minimum Gasteiger partial charge on any atom is -0.389 e. The van der Waals surface area contributed by atoms with Crippen LogP contribution in [0.2, 0.25) is 0 Å². The van der Waals surface area contributed by atoms with E-state index in [1.165, 1.54) is 57.8 Å². The maximum absolute atomic E-state index is 10.1. The Hall–Kier alpha value is -0.120. The summed E-state index contributed by atoms with van der Waals surface area (Å²) in [5.41, 5.74) is 0. The Morgan fingerprint density at radius 1 is 1.10 bits per heavy atom. The summed E-state index contributed by atoms with van der Waals surface area (Å²) in [4.78, 5) is 0. The number of aliphatic hydroxyl groups is 1. The van der Waals surface area contributed by atoms with Crippen molar-refractivity contribution in [1.82, 2.24) is 5.32 Å². The summed E-state index contributed by atoms with van der Waals surface area (Å²) in [5.74, 6) is 1.65. The van der Waals surface area contributed by atoms with E-state index < -0.39 is 0 Å². The Bertz CT molecular complexity index is 276. The molecule has 0 spiro atoms. The summed E-state index contributed by atoms with van der Waals surface area (Å²) in [6, 6.07) is 0.605. The maximum atomic E-state index is 10.1. The smallest absolute Gasteiger partial charge is 0.0897 e. The van der Waals surface area contributed by atoms with Crippen LogP contribution >= 0.6 is 0 Å². The topological polar surface area (TPSA) is 41.5 Å². The molecule has 0 aromatic rings.